The van der Waals surface area contributed by atoms with Crippen molar-refractivity contribution >= 4 is 13.5 Å². The van der Waals surface area contributed by atoms with Gasteiger partial charge in [0.25, 0.3) is 0 Å². The molecule has 0 aromatic heterocycles. The lowest BCUT2D eigenvalue weighted by molar-refractivity contribution is -0.116. The minimum Gasteiger partial charge on any atom is -0.355 e. The Balaban J connectivity index is 3.39. The molecule has 1 radical (unpaired) electrons. The van der Waals surface area contributed by atoms with Crippen molar-refractivity contribution in [3.63, 3.8) is 0 Å². The van der Waals surface area contributed by atoms with Gasteiger partial charge in [-0.2, -0.15) is 0 Å². The summed E-state index contributed by atoms with van der Waals surface area (Å²) in [5.41, 5.74) is 0. The van der Waals surface area contributed by atoms with E-state index in [0.717, 1.165) is 0 Å². The summed E-state index contributed by atoms with van der Waals surface area (Å²) in [6, 6.07) is 0. The molecule has 0 rings (SSSR count). The molecule has 0 saturated carbocycles. The number of rotatable bonds is 3. The molecule has 6 heteroatoms. The van der Waals surface area contributed by atoms with Gasteiger partial charge in [0.1, 0.15) is 0 Å². The lowest BCUT2D eigenvalue weighted by Gasteiger charge is -2.02. The van der Waals surface area contributed by atoms with Crippen molar-refractivity contribution in [3.8, 4) is 0 Å². The van der Waals surface area contributed by atoms with E-state index in [2.05, 4.69) is 12.2 Å². The summed E-state index contributed by atoms with van der Waals surface area (Å²) in [4.78, 5) is 26.6. The molecule has 0 spiro atoms. The molecule has 0 bridgehead atoms. The summed E-state index contributed by atoms with van der Waals surface area (Å²) in [6.07, 6.45) is -0.339. The predicted octanol–water partition coefficient (Wildman–Crippen LogP) is -0.886. The Bertz CT molecular complexity index is 163. The highest BCUT2D eigenvalue weighted by atomic mass is 31.2. The lowest BCUT2D eigenvalue weighted by Crippen LogP contribution is -2.23. The first-order chi connectivity index (χ1) is 4.42. The first-order valence-electron chi connectivity index (χ1n) is 2.56. The van der Waals surface area contributed by atoms with Crippen LogP contribution in [0.1, 0.15) is 0 Å². The predicted molar refractivity (Wildman–Crippen MR) is 35.3 cm³/mol. The van der Waals surface area contributed by atoms with Gasteiger partial charge in [0.05, 0.1) is 6.16 Å². The van der Waals surface area contributed by atoms with Crippen molar-refractivity contribution in [2.45, 2.75) is 0 Å². The van der Waals surface area contributed by atoms with Gasteiger partial charge < -0.3 is 15.1 Å². The van der Waals surface area contributed by atoms with Crippen molar-refractivity contribution < 1.29 is 19.1 Å². The Morgan fingerprint density at radius 1 is 1.60 bits per heavy atom. The molecule has 10 heavy (non-hydrogen) atoms. The molecular weight excluding hydrogens is 157 g/mol. The number of hydrogen-bond donors (Lipinski definition) is 3. The largest absolute Gasteiger partial charge is 0.355 e. The number of carbonyl (C=O) groups excluding carboxylic acids is 1. The van der Waals surface area contributed by atoms with Crippen LogP contribution in [0.5, 0.6) is 0 Å². The van der Waals surface area contributed by atoms with Crippen molar-refractivity contribution in [1.82, 2.24) is 5.32 Å². The SMILES string of the molecule is [CH2]C(=O)NCCP(=O)(O)O. The molecule has 0 aliphatic heterocycles. The molecule has 0 fully saturated rings. The fourth-order valence-electron chi connectivity index (χ4n) is 0.341. The third-order valence-electron chi connectivity index (χ3n) is 0.725. The van der Waals surface area contributed by atoms with Crippen LogP contribution < -0.4 is 5.32 Å². The fourth-order valence-corrected chi connectivity index (χ4v) is 0.744. The van der Waals surface area contributed by atoms with E-state index >= 15 is 0 Å². The van der Waals surface area contributed by atoms with Gasteiger partial charge in [0, 0.05) is 13.5 Å². The molecule has 0 heterocycles. The highest BCUT2D eigenvalue weighted by molar-refractivity contribution is 7.51. The number of nitrogens with one attached hydrogen (secondary N) is 1. The minimum atomic E-state index is -3.96. The fraction of sp³-hybridized carbons (Fsp3) is 0.500. The molecule has 5 nitrogen and oxygen atoms in total. The van der Waals surface area contributed by atoms with Crippen LogP contribution in [0.2, 0.25) is 0 Å². The molecule has 0 aliphatic carbocycles. The third-order valence-corrected chi connectivity index (χ3v) is 1.53. The van der Waals surface area contributed by atoms with Crippen molar-refractivity contribution in [2.24, 2.45) is 0 Å². The van der Waals surface area contributed by atoms with Gasteiger partial charge in [-0.3, -0.25) is 9.36 Å². The molecule has 0 unspecified atom stereocenters. The van der Waals surface area contributed by atoms with Crippen LogP contribution in [0.15, 0.2) is 0 Å². The van der Waals surface area contributed by atoms with E-state index in [1.165, 1.54) is 0 Å². The van der Waals surface area contributed by atoms with E-state index in [9.17, 15) is 9.36 Å². The van der Waals surface area contributed by atoms with Gasteiger partial charge in [-0.1, -0.05) is 0 Å². The lowest BCUT2D eigenvalue weighted by atomic mass is 10.6. The zero-order chi connectivity index (χ0) is 8.20. The van der Waals surface area contributed by atoms with E-state index in [4.69, 9.17) is 9.79 Å². The van der Waals surface area contributed by atoms with Gasteiger partial charge in [-0.25, -0.2) is 0 Å². The Kier molecular flexibility index (Phi) is 3.57. The average molecular weight is 166 g/mol. The topological polar surface area (TPSA) is 86.6 Å². The van der Waals surface area contributed by atoms with Gasteiger partial charge in [0.15, 0.2) is 0 Å². The third kappa shape index (κ3) is 7.62. The monoisotopic (exact) mass is 166 g/mol. The highest BCUT2D eigenvalue weighted by Gasteiger charge is 2.11. The molecule has 3 N–H and O–H groups in total. The molecular formula is C4H9NO4P. The zero-order valence-electron chi connectivity index (χ0n) is 5.28. The summed E-state index contributed by atoms with van der Waals surface area (Å²) in [6.45, 7) is 2.92. The summed E-state index contributed by atoms with van der Waals surface area (Å²) >= 11 is 0. The zero-order valence-corrected chi connectivity index (χ0v) is 6.17. The molecule has 1 amide bonds. The maximum atomic E-state index is 10.1. The van der Waals surface area contributed by atoms with Crippen LogP contribution in [0.25, 0.3) is 0 Å². The number of amides is 1. The molecule has 59 valence electrons. The maximum Gasteiger partial charge on any atom is 0.327 e. The Hall–Kier alpha value is -0.380. The molecule has 0 aliphatic rings. The van der Waals surface area contributed by atoms with Gasteiger partial charge in [0.2, 0.25) is 5.91 Å². The van der Waals surface area contributed by atoms with Crippen molar-refractivity contribution in [1.29, 1.82) is 0 Å². The van der Waals surface area contributed by atoms with E-state index in [0.29, 0.717) is 0 Å². The van der Waals surface area contributed by atoms with Crippen LogP contribution in [0.3, 0.4) is 0 Å². The molecule has 0 aromatic carbocycles. The smallest absolute Gasteiger partial charge is 0.327 e. The quantitative estimate of drug-likeness (QED) is 0.475. The second-order valence-electron chi connectivity index (χ2n) is 1.74. The number of carbonyl (C=O) groups is 1. The van der Waals surface area contributed by atoms with E-state index in [-0.39, 0.29) is 12.7 Å². The van der Waals surface area contributed by atoms with E-state index in [1.54, 1.807) is 0 Å². The van der Waals surface area contributed by atoms with Crippen LogP contribution in [-0.2, 0) is 9.36 Å². The van der Waals surface area contributed by atoms with Crippen LogP contribution >= 0.6 is 7.60 Å². The van der Waals surface area contributed by atoms with Crippen LogP contribution in [0.4, 0.5) is 0 Å². The van der Waals surface area contributed by atoms with Gasteiger partial charge >= 0.3 is 7.60 Å². The van der Waals surface area contributed by atoms with Crippen LogP contribution in [-0.4, -0.2) is 28.4 Å². The maximum absolute atomic E-state index is 10.1. The highest BCUT2D eigenvalue weighted by Crippen LogP contribution is 2.32. The van der Waals surface area contributed by atoms with Crippen molar-refractivity contribution in [2.75, 3.05) is 12.7 Å². The summed E-state index contributed by atoms with van der Waals surface area (Å²) in [7, 11) is -3.96. The summed E-state index contributed by atoms with van der Waals surface area (Å²) < 4.78 is 10.1. The Labute approximate surface area is 58.6 Å². The molecule has 0 aromatic rings. The molecule has 0 atom stereocenters. The first kappa shape index (κ1) is 9.62. The van der Waals surface area contributed by atoms with E-state index in [1.807, 2.05) is 0 Å². The number of hydrogen-bond acceptors (Lipinski definition) is 2. The molecule has 0 saturated heterocycles. The van der Waals surface area contributed by atoms with Gasteiger partial charge in [-0.15, -0.1) is 0 Å². The van der Waals surface area contributed by atoms with E-state index < -0.39 is 13.5 Å². The normalized spacial score (nSPS) is 11.1. The second kappa shape index (κ2) is 3.71. The summed E-state index contributed by atoms with van der Waals surface area (Å²) in [5.74, 6) is -0.534. The Morgan fingerprint density at radius 2 is 2.10 bits per heavy atom. The minimum absolute atomic E-state index is 0.0351. The average Bonchev–Trinajstić information content (AvgIpc) is 1.59. The standard InChI is InChI=1S/C4H9NO4P/c1-4(6)5-2-3-10(7,8)9/h1-3H2,(H,5,6)(H2,7,8,9). The first-order valence-corrected chi connectivity index (χ1v) is 4.36. The van der Waals surface area contributed by atoms with Crippen molar-refractivity contribution in [3.05, 3.63) is 6.92 Å². The summed E-state index contributed by atoms with van der Waals surface area (Å²) in [5, 5.41) is 2.16. The van der Waals surface area contributed by atoms with Crippen LogP contribution in [0, 0.1) is 6.92 Å². The Morgan fingerprint density at radius 3 is 2.40 bits per heavy atom. The second-order valence-corrected chi connectivity index (χ2v) is 3.51. The van der Waals surface area contributed by atoms with Gasteiger partial charge in [-0.05, 0) is 0 Å².